The van der Waals surface area contributed by atoms with Crippen molar-refractivity contribution in [2.75, 3.05) is 18.0 Å². The molecule has 0 atom stereocenters. The van der Waals surface area contributed by atoms with Gasteiger partial charge >= 0.3 is 0 Å². The van der Waals surface area contributed by atoms with Crippen LogP contribution in [0.25, 0.3) is 0 Å². The molecule has 0 fully saturated rings. The van der Waals surface area contributed by atoms with Crippen LogP contribution in [0.3, 0.4) is 0 Å². The van der Waals surface area contributed by atoms with E-state index in [1.54, 1.807) is 29.2 Å². The van der Waals surface area contributed by atoms with Gasteiger partial charge in [-0.15, -0.1) is 0 Å². The third-order valence-corrected chi connectivity index (χ3v) is 3.88. The van der Waals surface area contributed by atoms with Gasteiger partial charge in [-0.05, 0) is 62.4 Å². The van der Waals surface area contributed by atoms with Crippen LogP contribution in [0.5, 0.6) is 5.75 Å². The van der Waals surface area contributed by atoms with Crippen molar-refractivity contribution in [1.29, 1.82) is 0 Å². The molecule has 1 N–H and O–H groups in total. The van der Waals surface area contributed by atoms with E-state index in [4.69, 9.17) is 16.3 Å². The first-order valence-corrected chi connectivity index (χ1v) is 8.83. The third-order valence-electron chi connectivity index (χ3n) is 3.63. The van der Waals surface area contributed by atoms with Crippen molar-refractivity contribution in [1.82, 2.24) is 5.32 Å². The molecule has 6 heteroatoms. The second kappa shape index (κ2) is 9.25. The molecule has 5 nitrogen and oxygen atoms in total. The predicted octanol–water partition coefficient (Wildman–Crippen LogP) is 3.91. The molecule has 0 bridgehead atoms. The van der Waals surface area contributed by atoms with Crippen LogP contribution in [0.4, 0.5) is 5.69 Å². The van der Waals surface area contributed by atoms with E-state index in [0.717, 1.165) is 11.4 Å². The summed E-state index contributed by atoms with van der Waals surface area (Å²) in [5.74, 6) is 0.456. The molecule has 0 unspecified atom stereocenters. The van der Waals surface area contributed by atoms with Crippen LogP contribution >= 0.6 is 11.6 Å². The van der Waals surface area contributed by atoms with E-state index in [-0.39, 0.29) is 17.9 Å². The number of hydrogen-bond acceptors (Lipinski definition) is 3. The Labute approximate surface area is 158 Å². The molecule has 2 amide bonds. The molecule has 0 aliphatic carbocycles. The molecule has 138 valence electrons. The number of nitrogens with one attached hydrogen (secondary N) is 1. The van der Waals surface area contributed by atoms with E-state index < -0.39 is 0 Å². The summed E-state index contributed by atoms with van der Waals surface area (Å²) in [6, 6.07) is 14.0. The molecule has 0 aliphatic rings. The molecule has 2 aromatic carbocycles. The Hall–Kier alpha value is -2.53. The number of hydrogen-bond donors (Lipinski definition) is 1. The number of anilines is 1. The number of ether oxygens (including phenoxy) is 1. The summed E-state index contributed by atoms with van der Waals surface area (Å²) >= 11 is 5.82. The lowest BCUT2D eigenvalue weighted by Crippen LogP contribution is -2.37. The highest BCUT2D eigenvalue weighted by Crippen LogP contribution is 2.20. The Morgan fingerprint density at radius 2 is 1.69 bits per heavy atom. The van der Waals surface area contributed by atoms with E-state index in [0.29, 0.717) is 23.7 Å². The maximum absolute atomic E-state index is 12.1. The fourth-order valence-electron chi connectivity index (χ4n) is 2.43. The van der Waals surface area contributed by atoms with Crippen molar-refractivity contribution in [2.24, 2.45) is 0 Å². The fraction of sp³-hybridized carbons (Fsp3) is 0.300. The molecule has 0 radical (unpaired) electrons. The molecule has 0 aromatic heterocycles. The topological polar surface area (TPSA) is 58.6 Å². The highest BCUT2D eigenvalue weighted by atomic mass is 35.5. The van der Waals surface area contributed by atoms with Crippen LogP contribution in [0.2, 0.25) is 5.02 Å². The van der Waals surface area contributed by atoms with Gasteiger partial charge in [0.2, 0.25) is 5.91 Å². The van der Waals surface area contributed by atoms with Crippen molar-refractivity contribution in [3.63, 3.8) is 0 Å². The summed E-state index contributed by atoms with van der Waals surface area (Å²) in [4.78, 5) is 25.7. The molecule has 26 heavy (non-hydrogen) atoms. The second-order valence-corrected chi connectivity index (χ2v) is 6.53. The van der Waals surface area contributed by atoms with Crippen molar-refractivity contribution in [3.8, 4) is 5.75 Å². The minimum absolute atomic E-state index is 0.0906. The normalized spacial score (nSPS) is 10.5. The maximum atomic E-state index is 12.1. The number of nitrogens with zero attached hydrogens (tertiary/aromatic N) is 1. The molecule has 0 aliphatic heterocycles. The van der Waals surface area contributed by atoms with Crippen LogP contribution < -0.4 is 15.0 Å². The Bertz CT molecular complexity index is 743. The summed E-state index contributed by atoms with van der Waals surface area (Å²) in [6.07, 6.45) is 0.0906. The van der Waals surface area contributed by atoms with Crippen LogP contribution in [0.1, 0.15) is 31.1 Å². The van der Waals surface area contributed by atoms with E-state index in [9.17, 15) is 9.59 Å². The zero-order valence-corrected chi connectivity index (χ0v) is 15.9. The van der Waals surface area contributed by atoms with Gasteiger partial charge in [0.15, 0.2) is 0 Å². The van der Waals surface area contributed by atoms with Crippen LogP contribution in [-0.2, 0) is 4.79 Å². The standard InChI is InChI=1S/C20H23ClN2O3/c1-14(2)26-19-10-8-18(9-11-19)23(15(3)24)13-12-22-20(25)16-4-6-17(21)7-5-16/h4-11,14H,12-13H2,1-3H3,(H,22,25). The summed E-state index contributed by atoms with van der Waals surface area (Å²) in [6.45, 7) is 6.13. The highest BCUT2D eigenvalue weighted by Gasteiger charge is 2.13. The summed E-state index contributed by atoms with van der Waals surface area (Å²) in [7, 11) is 0. The molecule has 2 aromatic rings. The average Bonchev–Trinajstić information content (AvgIpc) is 2.59. The van der Waals surface area contributed by atoms with E-state index in [1.807, 2.05) is 38.1 Å². The van der Waals surface area contributed by atoms with Crippen molar-refractivity contribution in [2.45, 2.75) is 26.9 Å². The van der Waals surface area contributed by atoms with Crippen molar-refractivity contribution in [3.05, 3.63) is 59.1 Å². The van der Waals surface area contributed by atoms with Gasteiger partial charge in [0.25, 0.3) is 5.91 Å². The Kier molecular flexibility index (Phi) is 7.04. The highest BCUT2D eigenvalue weighted by molar-refractivity contribution is 6.30. The fourth-order valence-corrected chi connectivity index (χ4v) is 2.56. The second-order valence-electron chi connectivity index (χ2n) is 6.09. The first kappa shape index (κ1) is 19.8. The molecule has 0 saturated heterocycles. The maximum Gasteiger partial charge on any atom is 0.251 e. The lowest BCUT2D eigenvalue weighted by atomic mass is 10.2. The average molecular weight is 375 g/mol. The SMILES string of the molecule is CC(=O)N(CCNC(=O)c1ccc(Cl)cc1)c1ccc(OC(C)C)cc1. The lowest BCUT2D eigenvalue weighted by Gasteiger charge is -2.22. The molecule has 0 heterocycles. The lowest BCUT2D eigenvalue weighted by molar-refractivity contribution is -0.116. The van der Waals surface area contributed by atoms with Gasteiger partial charge in [0.1, 0.15) is 5.75 Å². The zero-order chi connectivity index (χ0) is 19.1. The Balaban J connectivity index is 1.94. The predicted molar refractivity (Wildman–Crippen MR) is 104 cm³/mol. The summed E-state index contributed by atoms with van der Waals surface area (Å²) in [5, 5.41) is 3.39. The van der Waals surface area contributed by atoms with Crippen LogP contribution in [-0.4, -0.2) is 31.0 Å². The van der Waals surface area contributed by atoms with E-state index in [2.05, 4.69) is 5.32 Å². The molecule has 0 spiro atoms. The number of carbonyl (C=O) groups excluding carboxylic acids is 2. The third kappa shape index (κ3) is 5.77. The van der Waals surface area contributed by atoms with E-state index in [1.165, 1.54) is 6.92 Å². The number of benzene rings is 2. The van der Waals surface area contributed by atoms with Crippen molar-refractivity contribution >= 4 is 29.1 Å². The smallest absolute Gasteiger partial charge is 0.251 e. The molecular formula is C20H23ClN2O3. The van der Waals surface area contributed by atoms with Gasteiger partial charge in [-0.2, -0.15) is 0 Å². The Morgan fingerprint density at radius 1 is 1.08 bits per heavy atom. The van der Waals surface area contributed by atoms with Gasteiger partial charge in [0.05, 0.1) is 6.10 Å². The van der Waals surface area contributed by atoms with Crippen molar-refractivity contribution < 1.29 is 14.3 Å². The number of rotatable bonds is 7. The van der Waals surface area contributed by atoms with Crippen LogP contribution in [0, 0.1) is 0 Å². The zero-order valence-electron chi connectivity index (χ0n) is 15.2. The van der Waals surface area contributed by atoms with E-state index >= 15 is 0 Å². The number of carbonyl (C=O) groups is 2. The molecular weight excluding hydrogens is 352 g/mol. The monoisotopic (exact) mass is 374 g/mol. The first-order chi connectivity index (χ1) is 12.4. The van der Waals surface area contributed by atoms with Crippen LogP contribution in [0.15, 0.2) is 48.5 Å². The molecule has 2 rings (SSSR count). The van der Waals surface area contributed by atoms with Gasteiger partial charge in [-0.3, -0.25) is 9.59 Å². The summed E-state index contributed by atoms with van der Waals surface area (Å²) < 4.78 is 5.61. The minimum Gasteiger partial charge on any atom is -0.491 e. The first-order valence-electron chi connectivity index (χ1n) is 8.45. The largest absolute Gasteiger partial charge is 0.491 e. The van der Waals surface area contributed by atoms with Gasteiger partial charge in [-0.1, -0.05) is 11.6 Å². The minimum atomic E-state index is -0.203. The summed E-state index contributed by atoms with van der Waals surface area (Å²) in [5.41, 5.74) is 1.29. The van der Waals surface area contributed by atoms with Gasteiger partial charge in [-0.25, -0.2) is 0 Å². The van der Waals surface area contributed by atoms with Gasteiger partial charge in [0, 0.05) is 36.3 Å². The number of halogens is 1. The number of amides is 2. The Morgan fingerprint density at radius 3 is 2.23 bits per heavy atom. The molecule has 0 saturated carbocycles. The quantitative estimate of drug-likeness (QED) is 0.799. The van der Waals surface area contributed by atoms with Gasteiger partial charge < -0.3 is 15.0 Å².